The van der Waals surface area contributed by atoms with Gasteiger partial charge in [-0.1, -0.05) is 23.4 Å². The van der Waals surface area contributed by atoms with Crippen LogP contribution in [-0.4, -0.2) is 42.4 Å². The summed E-state index contributed by atoms with van der Waals surface area (Å²) in [6, 6.07) is 9.45. The van der Waals surface area contributed by atoms with E-state index in [0.29, 0.717) is 12.2 Å². The number of para-hydroxylation sites is 1. The smallest absolute Gasteiger partial charge is 0.274 e. The zero-order valence-corrected chi connectivity index (χ0v) is 12.4. The second-order valence-electron chi connectivity index (χ2n) is 4.98. The number of hydrogen-bond donors (Lipinski definition) is 0. The van der Waals surface area contributed by atoms with Crippen LogP contribution in [0.2, 0.25) is 0 Å². The molecule has 0 atom stereocenters. The van der Waals surface area contributed by atoms with E-state index in [1.165, 1.54) is 10.9 Å². The molecule has 7 nitrogen and oxygen atoms in total. The van der Waals surface area contributed by atoms with Crippen LogP contribution in [0.5, 0.6) is 0 Å². The van der Waals surface area contributed by atoms with Gasteiger partial charge < -0.3 is 9.47 Å². The molecule has 3 rings (SSSR count). The summed E-state index contributed by atoms with van der Waals surface area (Å²) in [7, 11) is 3.63. The Bertz CT molecular complexity index is 776. The molecule has 0 radical (unpaired) electrons. The Hall–Kier alpha value is -2.96. The molecule has 0 aliphatic rings. The van der Waals surface area contributed by atoms with Gasteiger partial charge in [0.2, 0.25) is 0 Å². The highest BCUT2D eigenvalue weighted by Gasteiger charge is 2.19. The van der Waals surface area contributed by atoms with E-state index in [9.17, 15) is 4.79 Å². The van der Waals surface area contributed by atoms with Crippen molar-refractivity contribution in [3.8, 4) is 5.69 Å². The molecule has 1 amide bonds. The number of hydrogen-bond acceptors (Lipinski definition) is 4. The van der Waals surface area contributed by atoms with Gasteiger partial charge in [-0.3, -0.25) is 4.79 Å². The molecule has 0 unspecified atom stereocenters. The van der Waals surface area contributed by atoms with E-state index < -0.39 is 0 Å². The summed E-state index contributed by atoms with van der Waals surface area (Å²) in [4.78, 5) is 18.5. The van der Waals surface area contributed by atoms with E-state index in [4.69, 9.17) is 0 Å². The minimum Gasteiger partial charge on any atom is -0.337 e. The standard InChI is InChI=1S/C15H16N6O/c1-19-9-8-16-14(19)11-20(2)15(22)13-10-17-18-21(13)12-6-4-3-5-7-12/h3-10H,11H2,1-2H3. The number of imidazole rings is 1. The van der Waals surface area contributed by atoms with E-state index in [-0.39, 0.29) is 5.91 Å². The maximum Gasteiger partial charge on any atom is 0.274 e. The molecule has 2 heterocycles. The predicted molar refractivity (Wildman–Crippen MR) is 80.4 cm³/mol. The number of benzene rings is 1. The molecular formula is C15H16N6O. The molecule has 112 valence electrons. The van der Waals surface area contributed by atoms with Crippen LogP contribution >= 0.6 is 0 Å². The molecule has 0 aliphatic heterocycles. The first kappa shape index (κ1) is 14.0. The van der Waals surface area contributed by atoms with Crippen molar-refractivity contribution in [1.82, 2.24) is 29.4 Å². The van der Waals surface area contributed by atoms with Gasteiger partial charge >= 0.3 is 0 Å². The van der Waals surface area contributed by atoms with E-state index in [1.54, 1.807) is 18.1 Å². The molecule has 2 aromatic heterocycles. The summed E-state index contributed by atoms with van der Waals surface area (Å²) in [5, 5.41) is 7.86. The fourth-order valence-corrected chi connectivity index (χ4v) is 2.17. The Labute approximate surface area is 127 Å². The normalized spacial score (nSPS) is 10.6. The van der Waals surface area contributed by atoms with Crippen molar-refractivity contribution in [2.45, 2.75) is 6.54 Å². The summed E-state index contributed by atoms with van der Waals surface area (Å²) >= 11 is 0. The number of rotatable bonds is 4. The summed E-state index contributed by atoms with van der Waals surface area (Å²) in [5.74, 6) is 0.659. The summed E-state index contributed by atoms with van der Waals surface area (Å²) in [6.45, 7) is 0.419. The summed E-state index contributed by atoms with van der Waals surface area (Å²) in [6.07, 6.45) is 5.04. The second-order valence-corrected chi connectivity index (χ2v) is 4.98. The van der Waals surface area contributed by atoms with Crippen LogP contribution in [0.15, 0.2) is 48.9 Å². The molecule has 1 aromatic carbocycles. The fraction of sp³-hybridized carbons (Fsp3) is 0.200. The van der Waals surface area contributed by atoms with Crippen molar-refractivity contribution in [3.05, 3.63) is 60.4 Å². The zero-order chi connectivity index (χ0) is 15.5. The van der Waals surface area contributed by atoms with Gasteiger partial charge in [-0.2, -0.15) is 0 Å². The third-order valence-corrected chi connectivity index (χ3v) is 3.42. The highest BCUT2D eigenvalue weighted by molar-refractivity contribution is 5.92. The largest absolute Gasteiger partial charge is 0.337 e. The van der Waals surface area contributed by atoms with E-state index in [1.807, 2.05) is 48.1 Å². The van der Waals surface area contributed by atoms with Crippen molar-refractivity contribution in [3.63, 3.8) is 0 Å². The SMILES string of the molecule is CN(Cc1nccn1C)C(=O)c1cnnn1-c1ccccc1. The van der Waals surface area contributed by atoms with E-state index in [0.717, 1.165) is 11.5 Å². The van der Waals surface area contributed by atoms with Crippen LogP contribution in [-0.2, 0) is 13.6 Å². The number of aryl methyl sites for hydroxylation is 1. The van der Waals surface area contributed by atoms with Gasteiger partial charge in [0.15, 0.2) is 5.69 Å². The monoisotopic (exact) mass is 296 g/mol. The van der Waals surface area contributed by atoms with Crippen molar-refractivity contribution < 1.29 is 4.79 Å². The molecule has 0 saturated heterocycles. The van der Waals surface area contributed by atoms with Crippen LogP contribution in [0.3, 0.4) is 0 Å². The summed E-state index contributed by atoms with van der Waals surface area (Å²) in [5.41, 5.74) is 1.22. The lowest BCUT2D eigenvalue weighted by Crippen LogP contribution is -2.29. The van der Waals surface area contributed by atoms with E-state index >= 15 is 0 Å². The predicted octanol–water partition coefficient (Wildman–Crippen LogP) is 1.27. The molecule has 0 fully saturated rings. The minimum absolute atomic E-state index is 0.156. The first-order valence-corrected chi connectivity index (χ1v) is 6.84. The lowest BCUT2D eigenvalue weighted by Gasteiger charge is -2.17. The van der Waals surface area contributed by atoms with Gasteiger partial charge in [0, 0.05) is 26.5 Å². The molecule has 0 spiro atoms. The van der Waals surface area contributed by atoms with Crippen LogP contribution in [0.1, 0.15) is 16.3 Å². The van der Waals surface area contributed by atoms with Crippen molar-refractivity contribution in [2.75, 3.05) is 7.05 Å². The van der Waals surface area contributed by atoms with Gasteiger partial charge in [-0.15, -0.1) is 5.10 Å². The number of carbonyl (C=O) groups excluding carboxylic acids is 1. The maximum atomic E-state index is 12.6. The van der Waals surface area contributed by atoms with Gasteiger partial charge in [0.25, 0.3) is 5.91 Å². The minimum atomic E-state index is -0.156. The highest BCUT2D eigenvalue weighted by Crippen LogP contribution is 2.11. The van der Waals surface area contributed by atoms with Crippen LogP contribution in [0.4, 0.5) is 0 Å². The quantitative estimate of drug-likeness (QED) is 0.727. The summed E-state index contributed by atoms with van der Waals surface area (Å²) < 4.78 is 3.42. The van der Waals surface area contributed by atoms with Gasteiger partial charge in [0.1, 0.15) is 5.82 Å². The lowest BCUT2D eigenvalue weighted by molar-refractivity contribution is 0.0771. The fourth-order valence-electron chi connectivity index (χ4n) is 2.17. The Kier molecular flexibility index (Phi) is 3.69. The number of nitrogens with zero attached hydrogens (tertiary/aromatic N) is 6. The maximum absolute atomic E-state index is 12.6. The lowest BCUT2D eigenvalue weighted by atomic mass is 10.3. The van der Waals surface area contributed by atoms with Gasteiger partial charge in [0.05, 0.1) is 18.4 Å². The first-order valence-electron chi connectivity index (χ1n) is 6.84. The average Bonchev–Trinajstić information content (AvgIpc) is 3.17. The van der Waals surface area contributed by atoms with Crippen LogP contribution < -0.4 is 0 Å². The Morgan fingerprint density at radius 1 is 1.27 bits per heavy atom. The molecule has 0 saturated carbocycles. The first-order chi connectivity index (χ1) is 10.7. The number of amides is 1. The van der Waals surface area contributed by atoms with E-state index in [2.05, 4.69) is 15.3 Å². The van der Waals surface area contributed by atoms with Crippen LogP contribution in [0, 0.1) is 0 Å². The molecule has 0 N–H and O–H groups in total. The Morgan fingerprint density at radius 3 is 2.73 bits per heavy atom. The molecule has 3 aromatic rings. The van der Waals surface area contributed by atoms with Crippen molar-refractivity contribution >= 4 is 5.91 Å². The number of aromatic nitrogens is 5. The average molecular weight is 296 g/mol. The van der Waals surface area contributed by atoms with Gasteiger partial charge in [-0.25, -0.2) is 9.67 Å². The van der Waals surface area contributed by atoms with Crippen molar-refractivity contribution in [1.29, 1.82) is 0 Å². The topological polar surface area (TPSA) is 68.8 Å². The molecule has 7 heteroatoms. The molecule has 0 aliphatic carbocycles. The molecule has 0 bridgehead atoms. The Morgan fingerprint density at radius 2 is 2.05 bits per heavy atom. The third-order valence-electron chi connectivity index (χ3n) is 3.42. The van der Waals surface area contributed by atoms with Gasteiger partial charge in [-0.05, 0) is 12.1 Å². The number of carbonyl (C=O) groups is 1. The third kappa shape index (κ3) is 2.60. The highest BCUT2D eigenvalue weighted by atomic mass is 16.2. The Balaban J connectivity index is 1.84. The second kappa shape index (κ2) is 5.80. The van der Waals surface area contributed by atoms with Crippen LogP contribution in [0.25, 0.3) is 5.69 Å². The van der Waals surface area contributed by atoms with Crippen molar-refractivity contribution in [2.24, 2.45) is 7.05 Å². The molecule has 22 heavy (non-hydrogen) atoms. The zero-order valence-electron chi connectivity index (χ0n) is 12.4. The molecular weight excluding hydrogens is 280 g/mol.